The van der Waals surface area contributed by atoms with E-state index < -0.39 is 11.9 Å². The Labute approximate surface area is 281 Å². The van der Waals surface area contributed by atoms with Gasteiger partial charge in [-0.2, -0.15) is 0 Å². The first-order valence-electron chi connectivity index (χ1n) is 18.3. The first kappa shape index (κ1) is 43.9. The van der Waals surface area contributed by atoms with Gasteiger partial charge in [0.1, 0.15) is 0 Å². The molecule has 0 aliphatic rings. The molecule has 244 valence electrons. The van der Waals surface area contributed by atoms with E-state index in [0.29, 0.717) is 12.8 Å². The molecule has 0 unspecified atom stereocenters. The third-order valence-electron chi connectivity index (χ3n) is 8.22. The first-order chi connectivity index (χ1) is 20.2. The van der Waals surface area contributed by atoms with Gasteiger partial charge in [0, 0.05) is 17.9 Å². The topological polar surface area (TPSA) is 61.8 Å². The molecule has 5 nitrogen and oxygen atoms in total. The van der Waals surface area contributed by atoms with Crippen LogP contribution < -0.4 is 0 Å². The maximum Gasteiger partial charge on any atom is 2.00 e. The van der Waals surface area contributed by atoms with Gasteiger partial charge in [-0.05, 0) is 12.8 Å². The van der Waals surface area contributed by atoms with Crippen LogP contribution in [-0.2, 0) is 51.7 Å². The Morgan fingerprint density at radius 2 is 0.524 bits per heavy atom. The second-order valence-electron chi connectivity index (χ2n) is 12.4. The Kier molecular flexibility index (Phi) is 40.6. The van der Waals surface area contributed by atoms with Crippen molar-refractivity contribution in [2.45, 2.75) is 219 Å². The van der Waals surface area contributed by atoms with Gasteiger partial charge in [0.2, 0.25) is 0 Å². The molecule has 0 aromatic heterocycles. The Balaban J connectivity index is 0. The molecule has 0 radical (unpaired) electrons. The zero-order chi connectivity index (χ0) is 29.9. The van der Waals surface area contributed by atoms with Crippen LogP contribution in [-0.4, -0.2) is 11.9 Å². The van der Waals surface area contributed by atoms with Crippen LogP contribution in [0, 0.1) is 0 Å². The van der Waals surface area contributed by atoms with Crippen molar-refractivity contribution >= 4 is 11.9 Å². The predicted molar refractivity (Wildman–Crippen MR) is 172 cm³/mol. The average molecular weight is 695 g/mol. The molecule has 0 aliphatic carbocycles. The quantitative estimate of drug-likeness (QED) is 0.0290. The average Bonchev–Trinajstić information content (AvgIpc) is 2.97. The van der Waals surface area contributed by atoms with Gasteiger partial charge in [-0.15, -0.1) is 0 Å². The van der Waals surface area contributed by atoms with E-state index in [9.17, 15) is 9.59 Å². The Bertz CT molecular complexity index is 497. The summed E-state index contributed by atoms with van der Waals surface area (Å²) >= 11 is 0. The van der Waals surface area contributed by atoms with Gasteiger partial charge >= 0.3 is 39.2 Å². The van der Waals surface area contributed by atoms with Crippen LogP contribution in [0.2, 0.25) is 0 Å². The van der Waals surface area contributed by atoms with Crippen molar-refractivity contribution in [3.63, 3.8) is 0 Å². The van der Waals surface area contributed by atoms with E-state index in [2.05, 4.69) is 28.7 Å². The summed E-state index contributed by atoms with van der Waals surface area (Å²) in [5, 5.41) is 4.41. The second kappa shape index (κ2) is 38.8. The third kappa shape index (κ3) is 37.8. The summed E-state index contributed by atoms with van der Waals surface area (Å²) in [4.78, 5) is 32.6. The first-order valence-corrected chi connectivity index (χ1v) is 18.3. The summed E-state index contributed by atoms with van der Waals surface area (Å²) in [7, 11) is 0. The maximum atomic E-state index is 11.7. The molecule has 0 saturated heterocycles. The van der Waals surface area contributed by atoms with Crippen molar-refractivity contribution in [3.05, 3.63) is 0 Å². The fourth-order valence-electron chi connectivity index (χ4n) is 5.46. The zero-order valence-electron chi connectivity index (χ0n) is 28.4. The van der Waals surface area contributed by atoms with E-state index in [-0.39, 0.29) is 27.3 Å². The minimum Gasteiger partial charge on any atom is -0.260 e. The molecular formula is C36H70CdO5+2. The SMILES string of the molecule is CCCCCCCCCCCCCCCCCC(=O)OOOC(=O)CCCCCCCCCCCCCCCCC.[Cd+2]. The molecule has 0 rings (SSSR count). The van der Waals surface area contributed by atoms with E-state index in [4.69, 9.17) is 0 Å². The number of hydrogen-bond acceptors (Lipinski definition) is 5. The molecule has 0 fully saturated rings. The fourth-order valence-corrected chi connectivity index (χ4v) is 5.46. The van der Waals surface area contributed by atoms with Gasteiger partial charge in [-0.3, -0.25) is 9.78 Å². The molecule has 0 heterocycles. The van der Waals surface area contributed by atoms with E-state index in [1.165, 1.54) is 154 Å². The molecule has 0 aromatic rings. The number of hydrogen-bond donors (Lipinski definition) is 0. The summed E-state index contributed by atoms with van der Waals surface area (Å²) in [6.45, 7) is 4.54. The van der Waals surface area contributed by atoms with Crippen LogP contribution in [0.25, 0.3) is 0 Å². The number of rotatable bonds is 34. The minimum absolute atomic E-state index is 0. The van der Waals surface area contributed by atoms with E-state index in [0.717, 1.165) is 38.5 Å². The molecule has 0 atom stereocenters. The Morgan fingerprint density at radius 3 is 0.738 bits per heavy atom. The summed E-state index contributed by atoms with van der Waals surface area (Å²) in [5.74, 6) is -0.945. The predicted octanol–water partition coefficient (Wildman–Crippen LogP) is 12.4. The third-order valence-corrected chi connectivity index (χ3v) is 8.22. The molecule has 42 heavy (non-hydrogen) atoms. The largest absolute Gasteiger partial charge is 2.00 e. The van der Waals surface area contributed by atoms with E-state index in [1.807, 2.05) is 0 Å². The van der Waals surface area contributed by atoms with Crippen LogP contribution in [0.4, 0.5) is 0 Å². The molecule has 0 saturated carbocycles. The molecule has 0 amide bonds. The Hall–Kier alpha value is -0.178. The van der Waals surface area contributed by atoms with E-state index >= 15 is 0 Å². The second-order valence-corrected chi connectivity index (χ2v) is 12.4. The van der Waals surface area contributed by atoms with Crippen molar-refractivity contribution in [1.29, 1.82) is 0 Å². The fraction of sp³-hybridized carbons (Fsp3) is 0.944. The van der Waals surface area contributed by atoms with Crippen LogP contribution in [0.1, 0.15) is 219 Å². The molecule has 0 bridgehead atoms. The number of carbonyl (C=O) groups is 2. The number of carbonyl (C=O) groups excluding carboxylic acids is 2. The summed E-state index contributed by atoms with van der Waals surface area (Å²) in [5.41, 5.74) is 0. The number of unbranched alkanes of at least 4 members (excludes halogenated alkanes) is 28. The Morgan fingerprint density at radius 1 is 0.333 bits per heavy atom. The van der Waals surface area contributed by atoms with Crippen molar-refractivity contribution in [3.8, 4) is 0 Å². The molecule has 0 spiro atoms. The van der Waals surface area contributed by atoms with Crippen LogP contribution in [0.15, 0.2) is 0 Å². The standard InChI is InChI=1S/C36H70O5.Cd/c1-3-5-7-9-11-13-15-17-19-21-23-25-27-29-31-33-35(37)39-41-40-36(38)34-32-30-28-26-24-22-20-18-16-14-12-10-8-6-4-2;/h3-34H2,1-2H3;/q;+2. The van der Waals surface area contributed by atoms with Gasteiger partial charge in [0.15, 0.2) is 0 Å². The molecule has 0 N–H and O–H groups in total. The zero-order valence-corrected chi connectivity index (χ0v) is 32.4. The smallest absolute Gasteiger partial charge is 0.260 e. The molecule has 0 aromatic carbocycles. The summed E-state index contributed by atoms with van der Waals surface area (Å²) in [6, 6.07) is 0. The van der Waals surface area contributed by atoms with Gasteiger partial charge < -0.3 is 0 Å². The van der Waals surface area contributed by atoms with Crippen molar-refractivity contribution in [2.24, 2.45) is 0 Å². The van der Waals surface area contributed by atoms with E-state index in [1.54, 1.807) is 0 Å². The molecular weight excluding hydrogens is 625 g/mol. The van der Waals surface area contributed by atoms with Gasteiger partial charge in [-0.1, -0.05) is 194 Å². The van der Waals surface area contributed by atoms with Crippen molar-refractivity contribution in [2.75, 3.05) is 0 Å². The van der Waals surface area contributed by atoms with Crippen molar-refractivity contribution < 1.29 is 51.7 Å². The van der Waals surface area contributed by atoms with Crippen LogP contribution >= 0.6 is 0 Å². The summed E-state index contributed by atoms with van der Waals surface area (Å²) in [6.07, 6.45) is 39.2. The maximum absolute atomic E-state index is 11.7. The van der Waals surface area contributed by atoms with Gasteiger partial charge in [0.25, 0.3) is 0 Å². The minimum atomic E-state index is -0.473. The normalized spacial score (nSPS) is 10.9. The van der Waals surface area contributed by atoms with Crippen LogP contribution in [0.5, 0.6) is 0 Å². The molecule has 0 aliphatic heterocycles. The van der Waals surface area contributed by atoms with Crippen LogP contribution in [0.3, 0.4) is 0 Å². The molecule has 6 heteroatoms. The van der Waals surface area contributed by atoms with Crippen molar-refractivity contribution in [1.82, 2.24) is 0 Å². The monoisotopic (exact) mass is 696 g/mol. The summed E-state index contributed by atoms with van der Waals surface area (Å²) < 4.78 is 0. The van der Waals surface area contributed by atoms with Gasteiger partial charge in [-0.25, -0.2) is 9.59 Å². The van der Waals surface area contributed by atoms with Gasteiger partial charge in [0.05, 0.1) is 0 Å².